The van der Waals surface area contributed by atoms with Gasteiger partial charge in [-0.15, -0.1) is 0 Å². The summed E-state index contributed by atoms with van der Waals surface area (Å²) in [6.07, 6.45) is 2.70. The molecule has 2 aromatic carbocycles. The van der Waals surface area contributed by atoms with Crippen LogP contribution in [0.1, 0.15) is 13.3 Å². The molecule has 0 spiro atoms. The highest BCUT2D eigenvalue weighted by molar-refractivity contribution is 5.86. The fourth-order valence-corrected chi connectivity index (χ4v) is 2.56. The Balaban J connectivity index is 2.22. The van der Waals surface area contributed by atoms with Crippen molar-refractivity contribution in [2.45, 2.75) is 13.3 Å². The number of pyridine rings is 1. The SMILES string of the molecule is CCCOc1cccc2c(=O)ccn(-c3ccc(OC)cc3)c12. The van der Waals surface area contributed by atoms with Crippen LogP contribution in [0.25, 0.3) is 16.6 Å². The van der Waals surface area contributed by atoms with Crippen LogP contribution in [0, 0.1) is 0 Å². The number of rotatable bonds is 5. The first kappa shape index (κ1) is 15.2. The van der Waals surface area contributed by atoms with Gasteiger partial charge in [-0.25, -0.2) is 0 Å². The van der Waals surface area contributed by atoms with Crippen molar-refractivity contribution in [1.29, 1.82) is 0 Å². The lowest BCUT2D eigenvalue weighted by atomic mass is 10.1. The van der Waals surface area contributed by atoms with Crippen LogP contribution in [0.15, 0.2) is 59.5 Å². The summed E-state index contributed by atoms with van der Waals surface area (Å²) in [6.45, 7) is 2.67. The molecule has 0 fully saturated rings. The number of hydrogen-bond donors (Lipinski definition) is 0. The van der Waals surface area contributed by atoms with E-state index in [0.717, 1.165) is 29.1 Å². The van der Waals surface area contributed by atoms with E-state index in [-0.39, 0.29) is 5.43 Å². The number of nitrogens with zero attached hydrogens (tertiary/aromatic N) is 1. The van der Waals surface area contributed by atoms with Crippen molar-refractivity contribution in [3.63, 3.8) is 0 Å². The van der Waals surface area contributed by atoms with Gasteiger partial charge in [0.1, 0.15) is 11.5 Å². The summed E-state index contributed by atoms with van der Waals surface area (Å²) < 4.78 is 13.0. The van der Waals surface area contributed by atoms with Crippen LogP contribution < -0.4 is 14.9 Å². The lowest BCUT2D eigenvalue weighted by molar-refractivity contribution is 0.320. The molecule has 4 heteroatoms. The summed E-state index contributed by atoms with van der Waals surface area (Å²) in [5.41, 5.74) is 1.73. The second-order valence-electron chi connectivity index (χ2n) is 5.25. The number of para-hydroxylation sites is 1. The van der Waals surface area contributed by atoms with E-state index in [9.17, 15) is 4.79 Å². The molecule has 23 heavy (non-hydrogen) atoms. The van der Waals surface area contributed by atoms with Gasteiger partial charge in [-0.3, -0.25) is 4.79 Å². The fourth-order valence-electron chi connectivity index (χ4n) is 2.56. The molecule has 118 valence electrons. The molecule has 0 atom stereocenters. The van der Waals surface area contributed by atoms with Gasteiger partial charge in [0.05, 0.1) is 19.2 Å². The van der Waals surface area contributed by atoms with Gasteiger partial charge >= 0.3 is 0 Å². The van der Waals surface area contributed by atoms with E-state index < -0.39 is 0 Å². The van der Waals surface area contributed by atoms with Crippen LogP contribution in [-0.4, -0.2) is 18.3 Å². The summed E-state index contributed by atoms with van der Waals surface area (Å²) in [7, 11) is 1.64. The summed E-state index contributed by atoms with van der Waals surface area (Å²) >= 11 is 0. The van der Waals surface area contributed by atoms with Crippen LogP contribution in [0.2, 0.25) is 0 Å². The molecule has 0 aliphatic heterocycles. The lowest BCUT2D eigenvalue weighted by Gasteiger charge is -2.15. The minimum atomic E-state index is -0.00768. The van der Waals surface area contributed by atoms with Crippen LogP contribution in [0.5, 0.6) is 11.5 Å². The molecule has 1 aromatic heterocycles. The van der Waals surface area contributed by atoms with Crippen molar-refractivity contribution in [3.8, 4) is 17.2 Å². The van der Waals surface area contributed by atoms with E-state index in [4.69, 9.17) is 9.47 Å². The van der Waals surface area contributed by atoms with Crippen molar-refractivity contribution in [3.05, 3.63) is 65.0 Å². The number of aromatic nitrogens is 1. The van der Waals surface area contributed by atoms with Gasteiger partial charge in [-0.05, 0) is 42.8 Å². The zero-order valence-electron chi connectivity index (χ0n) is 13.3. The molecule has 0 N–H and O–H groups in total. The smallest absolute Gasteiger partial charge is 0.189 e. The van der Waals surface area contributed by atoms with Crippen molar-refractivity contribution < 1.29 is 9.47 Å². The molecule has 3 rings (SSSR count). The minimum absolute atomic E-state index is 0.00768. The molecular formula is C19H19NO3. The van der Waals surface area contributed by atoms with Gasteiger partial charge in [0, 0.05) is 23.3 Å². The van der Waals surface area contributed by atoms with Gasteiger partial charge in [-0.1, -0.05) is 13.0 Å². The summed E-state index contributed by atoms with van der Waals surface area (Å²) in [5.74, 6) is 1.51. The Kier molecular flexibility index (Phi) is 4.33. The molecule has 0 aliphatic rings. The third-order valence-electron chi connectivity index (χ3n) is 3.69. The molecule has 4 nitrogen and oxygen atoms in total. The molecule has 0 saturated heterocycles. The van der Waals surface area contributed by atoms with E-state index in [1.54, 1.807) is 19.4 Å². The zero-order chi connectivity index (χ0) is 16.2. The molecule has 3 aromatic rings. The lowest BCUT2D eigenvalue weighted by Crippen LogP contribution is -2.08. The fraction of sp³-hybridized carbons (Fsp3) is 0.211. The largest absolute Gasteiger partial charge is 0.497 e. The standard InChI is InChI=1S/C19H19NO3/c1-3-13-23-18-6-4-5-16-17(21)11-12-20(19(16)18)14-7-9-15(22-2)10-8-14/h4-12H,3,13H2,1-2H3. The first-order valence-corrected chi connectivity index (χ1v) is 7.66. The summed E-state index contributed by atoms with van der Waals surface area (Å²) in [6, 6.07) is 14.9. The quantitative estimate of drug-likeness (QED) is 0.720. The van der Waals surface area contributed by atoms with Gasteiger partial charge in [-0.2, -0.15) is 0 Å². The Morgan fingerprint density at radius 2 is 1.83 bits per heavy atom. The normalized spacial score (nSPS) is 10.7. The number of ether oxygens (including phenoxy) is 2. The first-order valence-electron chi connectivity index (χ1n) is 7.66. The van der Waals surface area contributed by atoms with Gasteiger partial charge < -0.3 is 14.0 Å². The van der Waals surface area contributed by atoms with Crippen LogP contribution >= 0.6 is 0 Å². The molecule has 0 bridgehead atoms. The second kappa shape index (κ2) is 6.57. The Labute approximate surface area is 134 Å². The number of methoxy groups -OCH3 is 1. The van der Waals surface area contributed by atoms with Crippen molar-refractivity contribution >= 4 is 10.9 Å². The molecule has 0 saturated carbocycles. The predicted octanol–water partition coefficient (Wildman–Crippen LogP) is 3.79. The molecule has 0 aliphatic carbocycles. The van der Waals surface area contributed by atoms with E-state index >= 15 is 0 Å². The second-order valence-corrected chi connectivity index (χ2v) is 5.25. The maximum absolute atomic E-state index is 12.2. The summed E-state index contributed by atoms with van der Waals surface area (Å²) in [4.78, 5) is 12.2. The maximum Gasteiger partial charge on any atom is 0.189 e. The van der Waals surface area contributed by atoms with E-state index in [0.29, 0.717) is 12.0 Å². The monoisotopic (exact) mass is 309 g/mol. The average Bonchev–Trinajstić information content (AvgIpc) is 2.60. The predicted molar refractivity (Wildman–Crippen MR) is 91.9 cm³/mol. The van der Waals surface area contributed by atoms with Crippen molar-refractivity contribution in [2.75, 3.05) is 13.7 Å². The van der Waals surface area contributed by atoms with E-state index in [1.807, 2.05) is 47.0 Å². The van der Waals surface area contributed by atoms with Gasteiger partial charge in [0.25, 0.3) is 0 Å². The zero-order valence-corrected chi connectivity index (χ0v) is 13.3. The highest BCUT2D eigenvalue weighted by atomic mass is 16.5. The third-order valence-corrected chi connectivity index (χ3v) is 3.69. The highest BCUT2D eigenvalue weighted by Crippen LogP contribution is 2.27. The van der Waals surface area contributed by atoms with Crippen molar-refractivity contribution in [2.24, 2.45) is 0 Å². The van der Waals surface area contributed by atoms with E-state index in [1.165, 1.54) is 0 Å². The Morgan fingerprint density at radius 3 is 2.52 bits per heavy atom. The Hall–Kier alpha value is -2.75. The number of hydrogen-bond acceptors (Lipinski definition) is 3. The number of benzene rings is 2. The van der Waals surface area contributed by atoms with Crippen LogP contribution in [0.4, 0.5) is 0 Å². The first-order chi connectivity index (χ1) is 11.2. The molecule has 0 radical (unpaired) electrons. The van der Waals surface area contributed by atoms with E-state index in [2.05, 4.69) is 6.92 Å². The molecule has 0 amide bonds. The summed E-state index contributed by atoms with van der Waals surface area (Å²) in [5, 5.41) is 0.650. The van der Waals surface area contributed by atoms with Crippen molar-refractivity contribution in [1.82, 2.24) is 4.57 Å². The Bertz CT molecular complexity index is 866. The maximum atomic E-state index is 12.2. The topological polar surface area (TPSA) is 40.5 Å². The van der Waals surface area contributed by atoms with Gasteiger partial charge in [0.2, 0.25) is 0 Å². The molecular weight excluding hydrogens is 290 g/mol. The Morgan fingerprint density at radius 1 is 1.04 bits per heavy atom. The van der Waals surface area contributed by atoms with Crippen LogP contribution in [0.3, 0.4) is 0 Å². The molecule has 0 unspecified atom stereocenters. The number of fused-ring (bicyclic) bond motifs is 1. The average molecular weight is 309 g/mol. The highest BCUT2D eigenvalue weighted by Gasteiger charge is 2.10. The van der Waals surface area contributed by atoms with Gasteiger partial charge in [0.15, 0.2) is 5.43 Å². The third kappa shape index (κ3) is 2.93. The van der Waals surface area contributed by atoms with Crippen LogP contribution in [-0.2, 0) is 0 Å². The molecule has 1 heterocycles. The minimum Gasteiger partial charge on any atom is -0.497 e.